The van der Waals surface area contributed by atoms with Gasteiger partial charge in [-0.15, -0.1) is 24.0 Å². The maximum atomic E-state index is 12.5. The molecule has 1 aliphatic rings. The van der Waals surface area contributed by atoms with Crippen LogP contribution < -0.4 is 15.4 Å². The summed E-state index contributed by atoms with van der Waals surface area (Å²) >= 11 is 5.97. The van der Waals surface area contributed by atoms with E-state index >= 15 is 0 Å². The molecule has 2 rings (SSSR count). The van der Waals surface area contributed by atoms with Crippen LogP contribution in [0.3, 0.4) is 0 Å². The third kappa shape index (κ3) is 9.06. The summed E-state index contributed by atoms with van der Waals surface area (Å²) in [5.41, 5.74) is 0.543. The predicted octanol–water partition coefficient (Wildman–Crippen LogP) is 2.86. The number of guanidine groups is 1. The second-order valence-electron chi connectivity index (χ2n) is 6.48. The number of nitrogens with one attached hydrogen (secondary N) is 2. The minimum atomic E-state index is -2.88. The van der Waals surface area contributed by atoms with Gasteiger partial charge in [-0.1, -0.05) is 11.6 Å². The fraction of sp³-hybridized carbons (Fsp3) is 0.611. The summed E-state index contributed by atoms with van der Waals surface area (Å²) in [4.78, 5) is 8.95. The summed E-state index contributed by atoms with van der Waals surface area (Å²) in [6.45, 7) is 3.43. The Morgan fingerprint density at radius 2 is 2.04 bits per heavy atom. The highest BCUT2D eigenvalue weighted by Crippen LogP contribution is 2.24. The predicted molar refractivity (Wildman–Crippen MR) is 120 cm³/mol. The van der Waals surface area contributed by atoms with E-state index in [9.17, 15) is 8.78 Å². The van der Waals surface area contributed by atoms with Gasteiger partial charge >= 0.3 is 6.61 Å². The van der Waals surface area contributed by atoms with E-state index in [1.165, 1.54) is 18.6 Å². The van der Waals surface area contributed by atoms with Gasteiger partial charge in [0.25, 0.3) is 0 Å². The summed E-state index contributed by atoms with van der Waals surface area (Å²) in [6, 6.07) is 4.57. The number of benzene rings is 1. The molecule has 0 bridgehead atoms. The molecule has 0 aromatic heterocycles. The first kappa shape index (κ1) is 25.1. The van der Waals surface area contributed by atoms with E-state index < -0.39 is 6.61 Å². The lowest BCUT2D eigenvalue weighted by atomic mass is 10.2. The average Bonchev–Trinajstić information content (AvgIpc) is 2.84. The molecule has 2 N–H and O–H groups in total. The lowest BCUT2D eigenvalue weighted by Crippen LogP contribution is -2.42. The van der Waals surface area contributed by atoms with Crippen LogP contribution in [0, 0.1) is 0 Å². The minimum Gasteiger partial charge on any atom is -0.434 e. The fourth-order valence-corrected chi connectivity index (χ4v) is 3.15. The van der Waals surface area contributed by atoms with Crippen molar-refractivity contribution in [2.24, 2.45) is 4.99 Å². The van der Waals surface area contributed by atoms with Crippen molar-refractivity contribution in [2.75, 3.05) is 53.4 Å². The first-order chi connectivity index (χ1) is 13.0. The van der Waals surface area contributed by atoms with Crippen molar-refractivity contribution < 1.29 is 13.5 Å². The number of likely N-dealkylation sites (N-methyl/N-ethyl adjacent to an activating group) is 1. The maximum Gasteiger partial charge on any atom is 0.387 e. The molecule has 1 aromatic carbocycles. The molecular formula is C18H29ClF2IN5O. The van der Waals surface area contributed by atoms with Gasteiger partial charge in [0.2, 0.25) is 0 Å². The van der Waals surface area contributed by atoms with E-state index in [0.717, 1.165) is 39.3 Å². The van der Waals surface area contributed by atoms with Gasteiger partial charge in [-0.25, -0.2) is 0 Å². The monoisotopic (exact) mass is 531 g/mol. The second-order valence-corrected chi connectivity index (χ2v) is 6.92. The molecule has 0 spiro atoms. The van der Waals surface area contributed by atoms with E-state index in [-0.39, 0.29) is 36.3 Å². The average molecular weight is 532 g/mol. The Labute approximate surface area is 187 Å². The van der Waals surface area contributed by atoms with Gasteiger partial charge in [0, 0.05) is 50.4 Å². The van der Waals surface area contributed by atoms with E-state index in [0.29, 0.717) is 16.5 Å². The molecule has 0 radical (unpaired) electrons. The van der Waals surface area contributed by atoms with Gasteiger partial charge in [-0.2, -0.15) is 8.78 Å². The van der Waals surface area contributed by atoms with Crippen molar-refractivity contribution in [2.45, 2.75) is 19.6 Å². The summed E-state index contributed by atoms with van der Waals surface area (Å²) in [7, 11) is 3.82. The van der Waals surface area contributed by atoms with Crippen LogP contribution >= 0.6 is 35.6 Å². The number of alkyl halides is 2. The largest absolute Gasteiger partial charge is 0.434 e. The second kappa shape index (κ2) is 13.3. The molecule has 1 aromatic rings. The Morgan fingerprint density at radius 1 is 1.25 bits per heavy atom. The van der Waals surface area contributed by atoms with Gasteiger partial charge in [0.05, 0.1) is 0 Å². The Kier molecular flexibility index (Phi) is 12.0. The number of nitrogens with zero attached hydrogens (tertiary/aromatic N) is 3. The first-order valence-electron chi connectivity index (χ1n) is 9.06. The normalized spacial score (nSPS) is 16.4. The molecule has 0 saturated carbocycles. The molecule has 0 unspecified atom stereocenters. The Bertz CT molecular complexity index is 624. The molecule has 160 valence electrons. The topological polar surface area (TPSA) is 52.1 Å². The van der Waals surface area contributed by atoms with Crippen molar-refractivity contribution in [1.29, 1.82) is 0 Å². The number of halogens is 4. The molecule has 1 fully saturated rings. The highest BCUT2D eigenvalue weighted by Gasteiger charge is 2.13. The van der Waals surface area contributed by atoms with E-state index in [1.807, 2.05) is 0 Å². The Morgan fingerprint density at radius 3 is 2.75 bits per heavy atom. The van der Waals surface area contributed by atoms with Gasteiger partial charge < -0.3 is 25.2 Å². The fourth-order valence-electron chi connectivity index (χ4n) is 2.95. The van der Waals surface area contributed by atoms with Gasteiger partial charge in [0.1, 0.15) is 5.75 Å². The molecule has 0 atom stereocenters. The Hall–Kier alpha value is -0.910. The molecule has 0 aliphatic carbocycles. The van der Waals surface area contributed by atoms with Crippen molar-refractivity contribution >= 4 is 41.5 Å². The molecule has 1 aliphatic heterocycles. The first-order valence-corrected chi connectivity index (χ1v) is 9.44. The van der Waals surface area contributed by atoms with Crippen molar-refractivity contribution in [3.05, 3.63) is 28.8 Å². The van der Waals surface area contributed by atoms with E-state index in [2.05, 4.69) is 37.2 Å². The zero-order valence-corrected chi connectivity index (χ0v) is 19.3. The summed E-state index contributed by atoms with van der Waals surface area (Å²) in [5, 5.41) is 6.83. The zero-order valence-electron chi connectivity index (χ0n) is 16.3. The maximum absolute atomic E-state index is 12.5. The number of aliphatic imine (C=N–C) groups is 1. The van der Waals surface area contributed by atoms with Crippen molar-refractivity contribution in [1.82, 2.24) is 20.4 Å². The molecular weight excluding hydrogens is 503 g/mol. The van der Waals surface area contributed by atoms with Crippen LogP contribution in [-0.4, -0.2) is 75.7 Å². The SMILES string of the molecule is CN=C(NCCN1CCCN(C)CC1)NCc1cc(Cl)ccc1OC(F)F.I. The third-order valence-electron chi connectivity index (χ3n) is 4.44. The van der Waals surface area contributed by atoms with Crippen molar-refractivity contribution in [3.8, 4) is 5.75 Å². The van der Waals surface area contributed by atoms with Crippen LogP contribution in [0.1, 0.15) is 12.0 Å². The molecule has 1 saturated heterocycles. The molecule has 6 nitrogen and oxygen atoms in total. The molecule has 1 heterocycles. The minimum absolute atomic E-state index is 0. The number of ether oxygens (including phenoxy) is 1. The number of hydrogen-bond donors (Lipinski definition) is 2. The Balaban J connectivity index is 0.00000392. The zero-order chi connectivity index (χ0) is 19.6. The van der Waals surface area contributed by atoms with Gasteiger partial charge in [-0.3, -0.25) is 4.99 Å². The number of rotatable bonds is 7. The lowest BCUT2D eigenvalue weighted by molar-refractivity contribution is -0.0504. The van der Waals surface area contributed by atoms with Crippen LogP contribution in [-0.2, 0) is 6.54 Å². The van der Waals surface area contributed by atoms with Crippen LogP contribution in [0.4, 0.5) is 8.78 Å². The quantitative estimate of drug-likeness (QED) is 0.322. The van der Waals surface area contributed by atoms with Crippen LogP contribution in [0.15, 0.2) is 23.2 Å². The van der Waals surface area contributed by atoms with Crippen LogP contribution in [0.5, 0.6) is 5.75 Å². The summed E-state index contributed by atoms with van der Waals surface area (Å²) < 4.78 is 29.6. The smallest absolute Gasteiger partial charge is 0.387 e. The van der Waals surface area contributed by atoms with Crippen LogP contribution in [0.25, 0.3) is 0 Å². The third-order valence-corrected chi connectivity index (χ3v) is 4.68. The standard InChI is InChI=1S/C18H28ClF2N5O.HI/c1-22-18(23-6-9-26-8-3-7-25(2)10-11-26)24-13-14-12-15(19)4-5-16(14)27-17(20)21;/h4-5,12,17H,3,6-11,13H2,1-2H3,(H2,22,23,24);1H. The summed E-state index contributed by atoms with van der Waals surface area (Å²) in [6.07, 6.45) is 1.17. The highest BCUT2D eigenvalue weighted by atomic mass is 127. The van der Waals surface area contributed by atoms with Gasteiger partial charge in [-0.05, 0) is 44.8 Å². The lowest BCUT2D eigenvalue weighted by Gasteiger charge is -2.21. The number of hydrogen-bond acceptors (Lipinski definition) is 4. The summed E-state index contributed by atoms with van der Waals surface area (Å²) in [5.74, 6) is 0.705. The molecule has 0 amide bonds. The highest BCUT2D eigenvalue weighted by molar-refractivity contribution is 14.0. The van der Waals surface area contributed by atoms with Crippen LogP contribution in [0.2, 0.25) is 5.02 Å². The van der Waals surface area contributed by atoms with E-state index in [1.54, 1.807) is 13.1 Å². The van der Waals surface area contributed by atoms with Gasteiger partial charge in [0.15, 0.2) is 5.96 Å². The van der Waals surface area contributed by atoms with Crippen molar-refractivity contribution in [3.63, 3.8) is 0 Å². The van der Waals surface area contributed by atoms with E-state index in [4.69, 9.17) is 11.6 Å². The molecule has 10 heteroatoms. The molecule has 28 heavy (non-hydrogen) atoms.